The maximum atomic E-state index is 13.3. The number of carbonyl (C=O) groups excluding carboxylic acids is 1. The van der Waals surface area contributed by atoms with Crippen molar-refractivity contribution < 1.29 is 26.7 Å². The molecule has 0 radical (unpaired) electrons. The van der Waals surface area contributed by atoms with Crippen LogP contribution >= 0.6 is 0 Å². The van der Waals surface area contributed by atoms with Gasteiger partial charge in [-0.25, -0.2) is 21.9 Å². The summed E-state index contributed by atoms with van der Waals surface area (Å²) in [5.41, 5.74) is 0.536. The summed E-state index contributed by atoms with van der Waals surface area (Å²) >= 11 is 0. The Kier molecular flexibility index (Phi) is 5.63. The topological polar surface area (TPSA) is 72.5 Å². The lowest BCUT2D eigenvalue weighted by Gasteiger charge is -2.18. The molecular weight excluding hydrogens is 340 g/mol. The van der Waals surface area contributed by atoms with Gasteiger partial charge in [-0.1, -0.05) is 30.3 Å². The zero-order valence-corrected chi connectivity index (χ0v) is 13.5. The molecule has 0 unspecified atom stereocenters. The summed E-state index contributed by atoms with van der Waals surface area (Å²) in [6, 6.07) is 9.74. The molecule has 0 saturated carbocycles. The monoisotopic (exact) mass is 355 g/mol. The summed E-state index contributed by atoms with van der Waals surface area (Å²) in [5, 5.41) is 0. The van der Waals surface area contributed by atoms with Crippen molar-refractivity contribution in [1.82, 2.24) is 4.72 Å². The molecule has 24 heavy (non-hydrogen) atoms. The van der Waals surface area contributed by atoms with Crippen LogP contribution in [0.25, 0.3) is 0 Å². The molecule has 0 saturated heterocycles. The molecular formula is C16H15F2NO4S. The normalized spacial score (nSPS) is 12.6. The van der Waals surface area contributed by atoms with Crippen LogP contribution in [-0.2, 0) is 19.6 Å². The van der Waals surface area contributed by atoms with E-state index in [9.17, 15) is 22.0 Å². The highest BCUT2D eigenvalue weighted by atomic mass is 32.2. The van der Waals surface area contributed by atoms with Crippen LogP contribution in [0.15, 0.2) is 53.4 Å². The highest BCUT2D eigenvalue weighted by Crippen LogP contribution is 2.21. The quantitative estimate of drug-likeness (QED) is 0.809. The number of ether oxygens (including phenoxy) is 1. The van der Waals surface area contributed by atoms with Crippen molar-refractivity contribution in [2.45, 2.75) is 17.4 Å². The molecule has 2 aromatic rings. The fraction of sp³-hybridized carbons (Fsp3) is 0.188. The predicted molar refractivity (Wildman–Crippen MR) is 82.5 cm³/mol. The number of halogens is 2. The Labute approximate surface area is 138 Å². The van der Waals surface area contributed by atoms with Crippen molar-refractivity contribution in [3.05, 3.63) is 65.7 Å². The molecule has 0 aliphatic carbocycles. The molecule has 0 aliphatic rings. The lowest BCUT2D eigenvalue weighted by molar-refractivity contribution is -0.141. The smallest absolute Gasteiger partial charge is 0.307 e. The average Bonchev–Trinajstić information content (AvgIpc) is 2.57. The maximum Gasteiger partial charge on any atom is 0.307 e. The molecule has 0 bridgehead atoms. The maximum absolute atomic E-state index is 13.3. The molecule has 1 atom stereocenters. The number of benzene rings is 2. The molecule has 0 heterocycles. The number of hydrogen-bond acceptors (Lipinski definition) is 4. The van der Waals surface area contributed by atoms with Crippen molar-refractivity contribution in [2.24, 2.45) is 0 Å². The molecule has 8 heteroatoms. The van der Waals surface area contributed by atoms with E-state index in [-0.39, 0.29) is 6.42 Å². The molecule has 2 aromatic carbocycles. The first-order valence-corrected chi connectivity index (χ1v) is 8.41. The van der Waals surface area contributed by atoms with E-state index in [1.54, 1.807) is 30.3 Å². The molecule has 0 amide bonds. The Balaban J connectivity index is 2.33. The van der Waals surface area contributed by atoms with Crippen LogP contribution in [0.1, 0.15) is 18.0 Å². The number of esters is 1. The number of carbonyl (C=O) groups is 1. The van der Waals surface area contributed by atoms with E-state index in [4.69, 9.17) is 0 Å². The van der Waals surface area contributed by atoms with Gasteiger partial charge in [0, 0.05) is 0 Å². The largest absolute Gasteiger partial charge is 0.469 e. The van der Waals surface area contributed by atoms with Gasteiger partial charge in [0.2, 0.25) is 10.0 Å². The van der Waals surface area contributed by atoms with Crippen LogP contribution in [0.4, 0.5) is 8.78 Å². The van der Waals surface area contributed by atoms with E-state index in [0.717, 1.165) is 12.1 Å². The molecule has 0 aromatic heterocycles. The van der Waals surface area contributed by atoms with Gasteiger partial charge in [0.25, 0.3) is 0 Å². The molecule has 0 fully saturated rings. The summed E-state index contributed by atoms with van der Waals surface area (Å²) in [4.78, 5) is 11.1. The van der Waals surface area contributed by atoms with E-state index in [1.165, 1.54) is 7.11 Å². The third-order valence-electron chi connectivity index (χ3n) is 3.30. The number of sulfonamides is 1. The molecule has 0 spiro atoms. The van der Waals surface area contributed by atoms with Crippen LogP contribution in [-0.4, -0.2) is 21.5 Å². The fourth-order valence-corrected chi connectivity index (χ4v) is 3.30. The van der Waals surface area contributed by atoms with Gasteiger partial charge in [-0.2, -0.15) is 0 Å². The van der Waals surface area contributed by atoms with Gasteiger partial charge in [0.1, 0.15) is 0 Å². The van der Waals surface area contributed by atoms with Crippen LogP contribution < -0.4 is 4.72 Å². The summed E-state index contributed by atoms with van der Waals surface area (Å²) < 4.78 is 58.0. The third-order valence-corrected chi connectivity index (χ3v) is 4.77. The van der Waals surface area contributed by atoms with Crippen molar-refractivity contribution >= 4 is 16.0 Å². The van der Waals surface area contributed by atoms with Gasteiger partial charge < -0.3 is 4.74 Å². The minimum atomic E-state index is -4.17. The molecule has 1 N–H and O–H groups in total. The lowest BCUT2D eigenvalue weighted by Crippen LogP contribution is -2.30. The predicted octanol–water partition coefficient (Wildman–Crippen LogP) is 2.55. The van der Waals surface area contributed by atoms with E-state index >= 15 is 0 Å². The summed E-state index contributed by atoms with van der Waals surface area (Å²) in [7, 11) is -2.98. The Morgan fingerprint density at radius 3 is 2.38 bits per heavy atom. The first-order chi connectivity index (χ1) is 11.3. The highest BCUT2D eigenvalue weighted by molar-refractivity contribution is 7.89. The Morgan fingerprint density at radius 2 is 1.79 bits per heavy atom. The summed E-state index contributed by atoms with van der Waals surface area (Å²) in [5.74, 6) is -3.04. The third kappa shape index (κ3) is 4.36. The number of nitrogens with one attached hydrogen (secondary N) is 1. The van der Waals surface area contributed by atoms with E-state index in [0.29, 0.717) is 11.6 Å². The van der Waals surface area contributed by atoms with E-state index in [1.807, 2.05) is 0 Å². The van der Waals surface area contributed by atoms with Gasteiger partial charge in [-0.05, 0) is 23.8 Å². The SMILES string of the molecule is COC(=O)C[C@@H](NS(=O)(=O)c1ccc(F)c(F)c1)c1ccccc1. The number of rotatable bonds is 6. The van der Waals surface area contributed by atoms with Crippen molar-refractivity contribution in [1.29, 1.82) is 0 Å². The molecule has 128 valence electrons. The van der Waals surface area contributed by atoms with Crippen LogP contribution in [0.2, 0.25) is 0 Å². The van der Waals surface area contributed by atoms with Gasteiger partial charge in [0.05, 0.1) is 24.5 Å². The first-order valence-electron chi connectivity index (χ1n) is 6.92. The van der Waals surface area contributed by atoms with E-state index in [2.05, 4.69) is 9.46 Å². The molecule has 5 nitrogen and oxygen atoms in total. The van der Waals surface area contributed by atoms with Crippen molar-refractivity contribution in [3.63, 3.8) is 0 Å². The van der Waals surface area contributed by atoms with Crippen LogP contribution in [0, 0.1) is 11.6 Å². The standard InChI is InChI=1S/C16H15F2NO4S/c1-23-16(20)10-15(11-5-3-2-4-6-11)19-24(21,22)12-7-8-13(17)14(18)9-12/h2-9,15,19H,10H2,1H3/t15-/m1/s1. The molecule has 0 aliphatic heterocycles. The van der Waals surface area contributed by atoms with Gasteiger partial charge in [0.15, 0.2) is 11.6 Å². The van der Waals surface area contributed by atoms with Gasteiger partial charge >= 0.3 is 5.97 Å². The van der Waals surface area contributed by atoms with Crippen molar-refractivity contribution in [2.75, 3.05) is 7.11 Å². The second-order valence-electron chi connectivity index (χ2n) is 4.94. The number of hydrogen-bond donors (Lipinski definition) is 1. The second-order valence-corrected chi connectivity index (χ2v) is 6.65. The Hall–Kier alpha value is -2.32. The van der Waals surface area contributed by atoms with Gasteiger partial charge in [-0.15, -0.1) is 0 Å². The number of methoxy groups -OCH3 is 1. The lowest BCUT2D eigenvalue weighted by atomic mass is 10.1. The summed E-state index contributed by atoms with van der Waals surface area (Å²) in [6.45, 7) is 0. The minimum absolute atomic E-state index is 0.247. The van der Waals surface area contributed by atoms with Crippen LogP contribution in [0.3, 0.4) is 0 Å². The highest BCUT2D eigenvalue weighted by Gasteiger charge is 2.24. The first kappa shape index (κ1) is 18.0. The average molecular weight is 355 g/mol. The summed E-state index contributed by atoms with van der Waals surface area (Å²) in [6.07, 6.45) is -0.247. The van der Waals surface area contributed by atoms with Crippen molar-refractivity contribution in [3.8, 4) is 0 Å². The van der Waals surface area contributed by atoms with E-state index < -0.39 is 38.6 Å². The Morgan fingerprint density at radius 1 is 1.12 bits per heavy atom. The second kappa shape index (κ2) is 7.50. The van der Waals surface area contributed by atoms with Gasteiger partial charge in [-0.3, -0.25) is 4.79 Å². The fourth-order valence-electron chi connectivity index (χ4n) is 2.06. The zero-order chi connectivity index (χ0) is 17.7. The zero-order valence-electron chi connectivity index (χ0n) is 12.7. The Bertz CT molecular complexity index is 825. The minimum Gasteiger partial charge on any atom is -0.469 e. The molecule has 2 rings (SSSR count). The van der Waals surface area contributed by atoms with Crippen LogP contribution in [0.5, 0.6) is 0 Å².